The molecule has 3 aliphatic carbocycles. The fourth-order valence-corrected chi connectivity index (χ4v) is 8.55. The molecule has 2 bridgehead atoms. The molecule has 212 valence electrons. The zero-order chi connectivity index (χ0) is 27.9. The van der Waals surface area contributed by atoms with Gasteiger partial charge >= 0.3 is 5.97 Å². The summed E-state index contributed by atoms with van der Waals surface area (Å²) in [6.07, 6.45) is 7.98. The van der Waals surface area contributed by atoms with Gasteiger partial charge in [0.05, 0.1) is 0 Å². The van der Waals surface area contributed by atoms with E-state index < -0.39 is 34.2 Å². The summed E-state index contributed by atoms with van der Waals surface area (Å²) < 4.78 is 26.9. The van der Waals surface area contributed by atoms with Gasteiger partial charge in [0.1, 0.15) is 12.1 Å². The Bertz CT molecular complexity index is 1130. The number of carbonyl (C=O) groups is 2. The quantitative estimate of drug-likeness (QED) is 0.328. The maximum atomic E-state index is 14.0. The molecule has 9 nitrogen and oxygen atoms in total. The molecule has 0 radical (unpaired) electrons. The van der Waals surface area contributed by atoms with Crippen molar-refractivity contribution < 1.29 is 23.1 Å². The molecular weight excluding hydrogens is 504 g/mol. The van der Waals surface area contributed by atoms with E-state index in [0.717, 1.165) is 55.7 Å². The number of anilines is 1. The first kappa shape index (κ1) is 28.8. The van der Waals surface area contributed by atoms with Crippen LogP contribution in [-0.4, -0.2) is 47.8 Å². The van der Waals surface area contributed by atoms with E-state index in [1.165, 1.54) is 0 Å². The van der Waals surface area contributed by atoms with Crippen LogP contribution < -0.4 is 16.2 Å². The summed E-state index contributed by atoms with van der Waals surface area (Å²) >= 11 is 0. The number of amides is 1. The number of carboxylic acids is 1. The smallest absolute Gasteiger partial charge is 0.322 e. The first-order valence-corrected chi connectivity index (χ1v) is 15.4. The van der Waals surface area contributed by atoms with Crippen LogP contribution in [0.2, 0.25) is 0 Å². The summed E-state index contributed by atoms with van der Waals surface area (Å²) in [7, 11) is -4.55. The van der Waals surface area contributed by atoms with Crippen molar-refractivity contribution >= 4 is 27.8 Å². The average Bonchev–Trinajstić information content (AvgIpc) is 3.17. The molecule has 0 unspecified atom stereocenters. The topological polar surface area (TPSA) is 156 Å². The fourth-order valence-electron chi connectivity index (χ4n) is 7.49. The van der Waals surface area contributed by atoms with Crippen molar-refractivity contribution in [3.05, 3.63) is 29.8 Å². The lowest BCUT2D eigenvalue weighted by Gasteiger charge is -2.41. The van der Waals surface area contributed by atoms with E-state index in [1.54, 1.807) is 24.3 Å². The minimum absolute atomic E-state index is 0.0577. The summed E-state index contributed by atoms with van der Waals surface area (Å²) in [5.74, 6) is -1.17. The Morgan fingerprint density at radius 1 is 1.08 bits per heavy atom. The van der Waals surface area contributed by atoms with Crippen molar-refractivity contribution in [1.29, 1.82) is 0 Å². The van der Waals surface area contributed by atoms with Crippen molar-refractivity contribution in [3.8, 4) is 0 Å². The molecule has 4 rings (SSSR count). The number of nitrogen functional groups attached to an aromatic ring is 1. The van der Waals surface area contributed by atoms with E-state index >= 15 is 0 Å². The highest BCUT2D eigenvalue weighted by molar-refractivity contribution is 7.86. The Balaban J connectivity index is 1.67. The second kappa shape index (κ2) is 10.8. The molecule has 3 saturated carbocycles. The largest absolute Gasteiger partial charge is 0.480 e. The number of nitrogens with two attached hydrogens (primary N) is 2. The highest BCUT2D eigenvalue weighted by Crippen LogP contribution is 2.65. The summed E-state index contributed by atoms with van der Waals surface area (Å²) in [4.78, 5) is 26.6. The van der Waals surface area contributed by atoms with Crippen LogP contribution in [0, 0.1) is 22.7 Å². The van der Waals surface area contributed by atoms with Gasteiger partial charge in [-0.2, -0.15) is 12.7 Å². The van der Waals surface area contributed by atoms with Crippen LogP contribution in [0.15, 0.2) is 24.3 Å². The van der Waals surface area contributed by atoms with E-state index in [9.17, 15) is 23.1 Å². The number of nitrogens with one attached hydrogen (secondary N) is 1. The van der Waals surface area contributed by atoms with Crippen molar-refractivity contribution in [1.82, 2.24) is 9.62 Å². The van der Waals surface area contributed by atoms with Crippen LogP contribution >= 0.6 is 0 Å². The zero-order valence-electron chi connectivity index (χ0n) is 22.9. The summed E-state index contributed by atoms with van der Waals surface area (Å²) in [6.45, 7) is 6.71. The van der Waals surface area contributed by atoms with Gasteiger partial charge in [-0.15, -0.1) is 0 Å². The third-order valence-electron chi connectivity index (χ3n) is 10.3. The van der Waals surface area contributed by atoms with Crippen molar-refractivity contribution in [2.45, 2.75) is 103 Å². The van der Waals surface area contributed by atoms with Crippen LogP contribution in [0.4, 0.5) is 5.69 Å². The molecule has 10 heteroatoms. The third-order valence-corrected chi connectivity index (χ3v) is 11.4. The minimum atomic E-state index is -4.55. The number of benzene rings is 1. The standard InChI is InChI=1S/C28H44N4O5S/c1-27(2)20-13-14-28(27,3)24(17-20)31-25(33)22(15-18-7-5-4-6-8-18)32(38(30,36)37)23(26(34)35)16-19-9-11-21(29)12-10-19/h9-12,18,20,22-24H,4-8,13-17,29H2,1-3H3,(H,31,33)(H,34,35)(H2,30,36,37)/t20-,22+,23+,24+,28+/m1/s1. The van der Waals surface area contributed by atoms with Crippen LogP contribution in [-0.2, 0) is 26.2 Å². The van der Waals surface area contributed by atoms with E-state index in [2.05, 4.69) is 26.1 Å². The molecule has 0 saturated heterocycles. The minimum Gasteiger partial charge on any atom is -0.480 e. The fraction of sp³-hybridized carbons (Fsp3) is 0.714. The normalized spacial score (nSPS) is 28.8. The molecule has 0 aromatic heterocycles. The van der Waals surface area contributed by atoms with Crippen LogP contribution in [0.1, 0.15) is 84.1 Å². The van der Waals surface area contributed by atoms with Gasteiger partial charge in [-0.1, -0.05) is 65.0 Å². The van der Waals surface area contributed by atoms with Gasteiger partial charge < -0.3 is 16.2 Å². The van der Waals surface area contributed by atoms with E-state index in [0.29, 0.717) is 17.2 Å². The lowest BCUT2D eigenvalue weighted by atomic mass is 9.69. The number of aliphatic carboxylic acids is 1. The molecule has 0 spiro atoms. The number of nitrogens with zero attached hydrogens (tertiary/aromatic N) is 1. The molecule has 5 atom stereocenters. The molecule has 0 heterocycles. The second-order valence-electron chi connectivity index (χ2n) is 12.6. The van der Waals surface area contributed by atoms with Crippen LogP contribution in [0.25, 0.3) is 0 Å². The maximum Gasteiger partial charge on any atom is 0.322 e. The molecule has 1 amide bonds. The first-order valence-electron chi connectivity index (χ1n) is 13.9. The number of carboxylic acid groups (broad SMARTS) is 1. The van der Waals surface area contributed by atoms with E-state index in [4.69, 9.17) is 10.9 Å². The molecule has 1 aromatic rings. The van der Waals surface area contributed by atoms with Gasteiger partial charge in [0.15, 0.2) is 0 Å². The van der Waals surface area contributed by atoms with Crippen molar-refractivity contribution in [2.24, 2.45) is 27.8 Å². The van der Waals surface area contributed by atoms with Gasteiger partial charge in [0, 0.05) is 11.7 Å². The number of carbonyl (C=O) groups excluding carboxylic acids is 1. The van der Waals surface area contributed by atoms with E-state index in [-0.39, 0.29) is 35.6 Å². The monoisotopic (exact) mass is 548 g/mol. The zero-order valence-corrected chi connectivity index (χ0v) is 23.7. The summed E-state index contributed by atoms with van der Waals surface area (Å²) in [5.41, 5.74) is 6.84. The Morgan fingerprint density at radius 2 is 1.71 bits per heavy atom. The summed E-state index contributed by atoms with van der Waals surface area (Å²) in [6, 6.07) is 3.79. The molecule has 38 heavy (non-hydrogen) atoms. The Morgan fingerprint density at radius 3 is 2.21 bits per heavy atom. The highest BCUT2D eigenvalue weighted by Gasteiger charge is 2.62. The Kier molecular flexibility index (Phi) is 8.17. The SMILES string of the molecule is CC1(C)[C@@H]2CC[C@@]1(C)[C@@H](NC(=O)[C@H](CC1CCCCC1)N([C@@H](Cc1ccc(N)cc1)C(=O)O)S(N)(=O)=O)C2. The van der Waals surface area contributed by atoms with Gasteiger partial charge in [-0.05, 0) is 72.5 Å². The lowest BCUT2D eigenvalue weighted by molar-refractivity contribution is -0.143. The predicted octanol–water partition coefficient (Wildman–Crippen LogP) is 3.44. The molecular formula is C28H44N4O5S. The molecule has 3 fully saturated rings. The van der Waals surface area contributed by atoms with Crippen LogP contribution in [0.3, 0.4) is 0 Å². The van der Waals surface area contributed by atoms with Crippen LogP contribution in [0.5, 0.6) is 0 Å². The van der Waals surface area contributed by atoms with Gasteiger partial charge in [0.25, 0.3) is 10.2 Å². The third kappa shape index (κ3) is 5.58. The Labute approximate surface area is 226 Å². The number of hydrogen-bond acceptors (Lipinski definition) is 5. The summed E-state index contributed by atoms with van der Waals surface area (Å²) in [5, 5.41) is 19.1. The molecule has 1 aromatic carbocycles. The highest BCUT2D eigenvalue weighted by atomic mass is 32.2. The second-order valence-corrected chi connectivity index (χ2v) is 14.1. The number of hydrogen-bond donors (Lipinski definition) is 4. The first-order chi connectivity index (χ1) is 17.7. The number of rotatable bonds is 10. The lowest BCUT2D eigenvalue weighted by Crippen LogP contribution is -2.61. The average molecular weight is 549 g/mol. The van der Waals surface area contributed by atoms with Crippen molar-refractivity contribution in [2.75, 3.05) is 5.73 Å². The van der Waals surface area contributed by atoms with Gasteiger partial charge in [-0.25, -0.2) is 5.14 Å². The number of fused-ring (bicyclic) bond motifs is 2. The van der Waals surface area contributed by atoms with Gasteiger partial charge in [0.2, 0.25) is 5.91 Å². The Hall–Kier alpha value is -2.17. The predicted molar refractivity (Wildman–Crippen MR) is 147 cm³/mol. The maximum absolute atomic E-state index is 14.0. The molecule has 3 aliphatic rings. The molecule has 6 N–H and O–H groups in total. The van der Waals surface area contributed by atoms with Crippen molar-refractivity contribution in [3.63, 3.8) is 0 Å². The molecule has 0 aliphatic heterocycles. The van der Waals surface area contributed by atoms with Gasteiger partial charge in [-0.3, -0.25) is 9.59 Å². The van der Waals surface area contributed by atoms with E-state index in [1.807, 2.05) is 0 Å².